The van der Waals surface area contributed by atoms with Gasteiger partial charge in [0.15, 0.2) is 5.75 Å². The summed E-state index contributed by atoms with van der Waals surface area (Å²) in [6, 6.07) is 11.1. The number of carbonyl (C=O) groups is 1. The maximum atomic E-state index is 13.1. The summed E-state index contributed by atoms with van der Waals surface area (Å²) in [5.41, 5.74) is 5.61. The average molecular weight is 563 g/mol. The number of ether oxygens (including phenoxy) is 3. The summed E-state index contributed by atoms with van der Waals surface area (Å²) in [6.07, 6.45) is 3.32. The lowest BCUT2D eigenvalue weighted by Crippen LogP contribution is -2.37. The number of hydrogen-bond acceptors (Lipinski definition) is 8. The van der Waals surface area contributed by atoms with Gasteiger partial charge in [-0.3, -0.25) is 14.7 Å². The summed E-state index contributed by atoms with van der Waals surface area (Å²) in [7, 11) is 1.56. The number of benzene rings is 1. The number of amides is 1. The van der Waals surface area contributed by atoms with Crippen LogP contribution in [-0.2, 0) is 11.2 Å². The molecule has 2 aliphatic rings. The zero-order valence-electron chi connectivity index (χ0n) is 22.3. The Morgan fingerprint density at radius 3 is 2.90 bits per heavy atom. The molecular weight excluding hydrogens is 532 g/mol. The number of anilines is 2. The number of halogens is 1. The summed E-state index contributed by atoms with van der Waals surface area (Å²) in [5, 5.41) is 6.85. The Hall–Kier alpha value is -3.86. The van der Waals surface area contributed by atoms with E-state index in [-0.39, 0.29) is 5.91 Å². The molecule has 6 rings (SSSR count). The number of nitrogens with zero attached hydrogens (tertiary/aromatic N) is 3. The molecule has 1 fully saturated rings. The number of aromatic amines is 1. The van der Waals surface area contributed by atoms with Crippen molar-refractivity contribution in [2.75, 3.05) is 58.4 Å². The van der Waals surface area contributed by atoms with Gasteiger partial charge < -0.3 is 29.8 Å². The number of carbonyl (C=O) groups excluding carboxylic acids is 1. The number of para-hydroxylation sites is 1. The molecule has 0 unspecified atom stereocenters. The van der Waals surface area contributed by atoms with Crippen molar-refractivity contribution in [1.82, 2.24) is 25.2 Å². The van der Waals surface area contributed by atoms with E-state index in [1.807, 2.05) is 30.3 Å². The maximum Gasteiger partial charge on any atom is 0.255 e. The molecule has 1 saturated heterocycles. The number of fused-ring (bicyclic) bond motifs is 2. The van der Waals surface area contributed by atoms with E-state index in [0.717, 1.165) is 61.7 Å². The van der Waals surface area contributed by atoms with Crippen molar-refractivity contribution in [2.24, 2.45) is 0 Å². The number of morpholine rings is 1. The van der Waals surface area contributed by atoms with Crippen LogP contribution in [0.2, 0.25) is 5.02 Å². The second-order valence-corrected chi connectivity index (χ2v) is 10.1. The minimum absolute atomic E-state index is 0.150. The Balaban J connectivity index is 1.34. The zero-order chi connectivity index (χ0) is 27.5. The fourth-order valence-electron chi connectivity index (χ4n) is 5.23. The van der Waals surface area contributed by atoms with E-state index in [4.69, 9.17) is 30.8 Å². The first-order chi connectivity index (χ1) is 19.6. The number of H-pyrrole nitrogens is 1. The van der Waals surface area contributed by atoms with E-state index in [0.29, 0.717) is 58.7 Å². The first-order valence-electron chi connectivity index (χ1n) is 13.4. The molecule has 5 heterocycles. The van der Waals surface area contributed by atoms with Crippen molar-refractivity contribution in [1.29, 1.82) is 0 Å². The van der Waals surface area contributed by atoms with Crippen molar-refractivity contribution < 1.29 is 19.0 Å². The number of hydrogen-bond donors (Lipinski definition) is 3. The standard InChI is InChI=1S/C29H31ClN6O4/c1-38-28-19(30)4-2-5-22(28)34-27-24-20(9-11-32-29(24)37)33-26(27)18-8-10-31-21-6-7-23(35-25(18)21)40-15-3-12-36-13-16-39-17-14-36/h2,4-8,10,33-34H,3,9,11-17H2,1H3,(H,32,37). The predicted molar refractivity (Wildman–Crippen MR) is 154 cm³/mol. The Bertz CT molecular complexity index is 1530. The molecule has 1 aromatic carbocycles. The van der Waals surface area contributed by atoms with Crippen molar-refractivity contribution >= 4 is 39.9 Å². The molecule has 208 valence electrons. The Kier molecular flexibility index (Phi) is 7.72. The van der Waals surface area contributed by atoms with E-state index in [1.54, 1.807) is 19.4 Å². The highest BCUT2D eigenvalue weighted by Crippen LogP contribution is 2.42. The zero-order valence-corrected chi connectivity index (χ0v) is 23.0. The van der Waals surface area contributed by atoms with Crippen LogP contribution >= 0.6 is 11.6 Å². The average Bonchev–Trinajstić information content (AvgIpc) is 3.35. The van der Waals surface area contributed by atoms with Crippen LogP contribution in [0, 0.1) is 0 Å². The summed E-state index contributed by atoms with van der Waals surface area (Å²) < 4.78 is 17.0. The van der Waals surface area contributed by atoms with E-state index in [9.17, 15) is 4.79 Å². The van der Waals surface area contributed by atoms with Crippen LogP contribution in [0.1, 0.15) is 22.5 Å². The van der Waals surface area contributed by atoms with Crippen molar-refractivity contribution in [3.05, 3.63) is 58.9 Å². The molecule has 0 saturated carbocycles. The van der Waals surface area contributed by atoms with Crippen LogP contribution < -0.4 is 20.1 Å². The van der Waals surface area contributed by atoms with E-state index >= 15 is 0 Å². The molecule has 0 spiro atoms. The second-order valence-electron chi connectivity index (χ2n) is 9.71. The van der Waals surface area contributed by atoms with Gasteiger partial charge in [-0.05, 0) is 30.7 Å². The molecule has 10 nitrogen and oxygen atoms in total. The molecule has 40 heavy (non-hydrogen) atoms. The molecule has 11 heteroatoms. The second kappa shape index (κ2) is 11.7. The van der Waals surface area contributed by atoms with Crippen molar-refractivity contribution in [2.45, 2.75) is 12.8 Å². The summed E-state index contributed by atoms with van der Waals surface area (Å²) in [6.45, 7) is 5.56. The van der Waals surface area contributed by atoms with Crippen LogP contribution in [0.15, 0.2) is 42.6 Å². The molecule has 0 radical (unpaired) electrons. The molecule has 2 aliphatic heterocycles. The maximum absolute atomic E-state index is 13.1. The lowest BCUT2D eigenvalue weighted by Gasteiger charge is -2.26. The van der Waals surface area contributed by atoms with Crippen LogP contribution in [0.3, 0.4) is 0 Å². The predicted octanol–water partition coefficient (Wildman–Crippen LogP) is 4.42. The normalized spacial score (nSPS) is 15.5. The minimum atomic E-state index is -0.150. The number of nitrogens with one attached hydrogen (secondary N) is 3. The third kappa shape index (κ3) is 5.30. The fourth-order valence-corrected chi connectivity index (χ4v) is 5.49. The van der Waals surface area contributed by atoms with Gasteiger partial charge in [0, 0.05) is 56.1 Å². The van der Waals surface area contributed by atoms with E-state index in [1.165, 1.54) is 0 Å². The summed E-state index contributed by atoms with van der Waals surface area (Å²) in [5.74, 6) is 0.874. The molecule has 3 aromatic heterocycles. The van der Waals surface area contributed by atoms with Gasteiger partial charge in [0.1, 0.15) is 5.52 Å². The Labute approximate surface area is 237 Å². The minimum Gasteiger partial charge on any atom is -0.493 e. The van der Waals surface area contributed by atoms with Gasteiger partial charge >= 0.3 is 0 Å². The number of aromatic nitrogens is 3. The highest BCUT2D eigenvalue weighted by molar-refractivity contribution is 6.32. The molecule has 1 amide bonds. The Morgan fingerprint density at radius 2 is 2.05 bits per heavy atom. The van der Waals surface area contributed by atoms with Crippen molar-refractivity contribution in [3.8, 4) is 22.9 Å². The third-order valence-corrected chi connectivity index (χ3v) is 7.49. The molecule has 0 aliphatic carbocycles. The van der Waals surface area contributed by atoms with Crippen LogP contribution in [0.25, 0.3) is 22.3 Å². The number of rotatable bonds is 9. The smallest absolute Gasteiger partial charge is 0.255 e. The SMILES string of the molecule is COc1c(Cl)cccc1Nc1c(-c2ccnc3ccc(OCCCN4CCOCC4)nc23)[nH]c2c1C(=O)NCC2. The lowest BCUT2D eigenvalue weighted by molar-refractivity contribution is 0.0357. The van der Waals surface area contributed by atoms with Crippen molar-refractivity contribution in [3.63, 3.8) is 0 Å². The lowest BCUT2D eigenvalue weighted by atomic mass is 10.0. The monoisotopic (exact) mass is 562 g/mol. The van der Waals surface area contributed by atoms with Gasteiger partial charge in [-0.15, -0.1) is 0 Å². The first kappa shape index (κ1) is 26.4. The summed E-state index contributed by atoms with van der Waals surface area (Å²) in [4.78, 5) is 28.3. The van der Waals surface area contributed by atoms with Crippen LogP contribution in [-0.4, -0.2) is 78.9 Å². The number of methoxy groups -OCH3 is 1. The largest absolute Gasteiger partial charge is 0.493 e. The van der Waals surface area contributed by atoms with Gasteiger partial charge in [-0.25, -0.2) is 4.98 Å². The molecule has 3 N–H and O–H groups in total. The highest BCUT2D eigenvalue weighted by Gasteiger charge is 2.28. The fraction of sp³-hybridized carbons (Fsp3) is 0.345. The summed E-state index contributed by atoms with van der Waals surface area (Å²) >= 11 is 6.40. The van der Waals surface area contributed by atoms with E-state index in [2.05, 4.69) is 25.5 Å². The van der Waals surface area contributed by atoms with Gasteiger partial charge in [-0.1, -0.05) is 17.7 Å². The Morgan fingerprint density at radius 1 is 1.18 bits per heavy atom. The van der Waals surface area contributed by atoms with E-state index < -0.39 is 0 Å². The third-order valence-electron chi connectivity index (χ3n) is 7.20. The van der Waals surface area contributed by atoms with Gasteiger partial charge in [0.2, 0.25) is 5.88 Å². The van der Waals surface area contributed by atoms with Gasteiger partial charge in [-0.2, -0.15) is 0 Å². The highest BCUT2D eigenvalue weighted by atomic mass is 35.5. The van der Waals surface area contributed by atoms with Gasteiger partial charge in [0.05, 0.1) is 60.1 Å². The van der Waals surface area contributed by atoms with Gasteiger partial charge in [0.25, 0.3) is 5.91 Å². The molecule has 0 bridgehead atoms. The molecule has 4 aromatic rings. The van der Waals surface area contributed by atoms with Crippen LogP contribution in [0.4, 0.5) is 11.4 Å². The molecular formula is C29H31ClN6O4. The first-order valence-corrected chi connectivity index (χ1v) is 13.8. The molecule has 0 atom stereocenters. The van der Waals surface area contributed by atoms with Crippen LogP contribution in [0.5, 0.6) is 11.6 Å². The number of pyridine rings is 2. The topological polar surface area (TPSA) is 114 Å². The quantitative estimate of drug-likeness (QED) is 0.257.